The quantitative estimate of drug-likeness (QED) is 0.809. The van der Waals surface area contributed by atoms with E-state index in [0.717, 1.165) is 12.3 Å². The zero-order chi connectivity index (χ0) is 11.5. The van der Waals surface area contributed by atoms with Gasteiger partial charge in [-0.05, 0) is 18.8 Å². The molecule has 0 aromatic carbocycles. The number of rotatable bonds is 3. The first kappa shape index (κ1) is 10.4. The van der Waals surface area contributed by atoms with Gasteiger partial charge < -0.3 is 4.42 Å². The fourth-order valence-electron chi connectivity index (χ4n) is 2.31. The van der Waals surface area contributed by atoms with E-state index < -0.39 is 0 Å². The molecule has 0 atom stereocenters. The highest BCUT2D eigenvalue weighted by Crippen LogP contribution is 2.28. The summed E-state index contributed by atoms with van der Waals surface area (Å²) >= 11 is 0. The van der Waals surface area contributed by atoms with E-state index in [0.29, 0.717) is 17.5 Å². The van der Waals surface area contributed by atoms with Crippen LogP contribution in [0.3, 0.4) is 0 Å². The predicted molar refractivity (Wildman–Crippen MR) is 61.0 cm³/mol. The van der Waals surface area contributed by atoms with Gasteiger partial charge in [0, 0.05) is 18.8 Å². The maximum atomic E-state index is 5.61. The van der Waals surface area contributed by atoms with Crippen LogP contribution in [-0.2, 0) is 6.42 Å². The summed E-state index contributed by atoms with van der Waals surface area (Å²) in [4.78, 5) is 8.12. The summed E-state index contributed by atoms with van der Waals surface area (Å²) in [6.45, 7) is 0. The Morgan fingerprint density at radius 3 is 2.82 bits per heavy atom. The van der Waals surface area contributed by atoms with Crippen LogP contribution in [0, 0.1) is 5.92 Å². The van der Waals surface area contributed by atoms with E-state index in [1.807, 2.05) is 0 Å². The average Bonchev–Trinajstić information content (AvgIpc) is 3.02. The number of nitrogens with zero attached hydrogens (tertiary/aromatic N) is 4. The Morgan fingerprint density at radius 2 is 2.06 bits per heavy atom. The molecular formula is C12H14N4O. The van der Waals surface area contributed by atoms with Crippen molar-refractivity contribution in [3.05, 3.63) is 24.5 Å². The second-order valence-electron chi connectivity index (χ2n) is 4.45. The molecule has 2 aromatic heterocycles. The third-order valence-electron chi connectivity index (χ3n) is 3.19. The minimum absolute atomic E-state index is 0.464. The second kappa shape index (κ2) is 4.61. The van der Waals surface area contributed by atoms with Crippen molar-refractivity contribution in [3.63, 3.8) is 0 Å². The van der Waals surface area contributed by atoms with Gasteiger partial charge in [0.2, 0.25) is 5.89 Å². The maximum Gasteiger partial charge on any atom is 0.267 e. The Morgan fingerprint density at radius 1 is 1.18 bits per heavy atom. The highest BCUT2D eigenvalue weighted by Gasteiger charge is 2.19. The minimum atomic E-state index is 0.464. The Balaban J connectivity index is 1.74. The SMILES string of the molecule is c1cnc(-c2nnc(CC3CCCC3)o2)cn1. The first-order valence-electron chi connectivity index (χ1n) is 6.00. The van der Waals surface area contributed by atoms with Crippen LogP contribution in [-0.4, -0.2) is 20.2 Å². The summed E-state index contributed by atoms with van der Waals surface area (Å²) in [5.74, 6) is 1.90. The van der Waals surface area contributed by atoms with Crippen molar-refractivity contribution in [2.75, 3.05) is 0 Å². The van der Waals surface area contributed by atoms with Crippen molar-refractivity contribution in [2.45, 2.75) is 32.1 Å². The standard InChI is InChI=1S/C12H14N4O/c1-2-4-9(3-1)7-11-15-16-12(17-11)10-8-13-5-6-14-10/h5-6,8-9H,1-4,7H2. The van der Waals surface area contributed by atoms with E-state index in [1.54, 1.807) is 18.6 Å². The van der Waals surface area contributed by atoms with Gasteiger partial charge in [0.05, 0.1) is 6.20 Å². The molecule has 2 heterocycles. The maximum absolute atomic E-state index is 5.61. The third-order valence-corrected chi connectivity index (χ3v) is 3.19. The number of hydrogen-bond acceptors (Lipinski definition) is 5. The van der Waals surface area contributed by atoms with Crippen LogP contribution >= 0.6 is 0 Å². The molecule has 0 unspecified atom stereocenters. The van der Waals surface area contributed by atoms with Crippen LogP contribution in [0.25, 0.3) is 11.6 Å². The van der Waals surface area contributed by atoms with Crippen molar-refractivity contribution >= 4 is 0 Å². The van der Waals surface area contributed by atoms with E-state index in [1.165, 1.54) is 25.7 Å². The predicted octanol–water partition coefficient (Wildman–Crippen LogP) is 2.26. The monoisotopic (exact) mass is 230 g/mol. The molecule has 5 nitrogen and oxygen atoms in total. The van der Waals surface area contributed by atoms with Crippen LogP contribution in [0.1, 0.15) is 31.6 Å². The topological polar surface area (TPSA) is 64.7 Å². The zero-order valence-corrected chi connectivity index (χ0v) is 9.54. The Labute approximate surface area is 99.3 Å². The summed E-state index contributed by atoms with van der Waals surface area (Å²) in [7, 11) is 0. The van der Waals surface area contributed by atoms with Gasteiger partial charge >= 0.3 is 0 Å². The van der Waals surface area contributed by atoms with Gasteiger partial charge in [-0.3, -0.25) is 4.98 Å². The van der Waals surface area contributed by atoms with Gasteiger partial charge in [-0.15, -0.1) is 10.2 Å². The molecule has 0 aliphatic heterocycles. The van der Waals surface area contributed by atoms with Gasteiger partial charge in [0.25, 0.3) is 5.89 Å². The van der Waals surface area contributed by atoms with E-state index in [4.69, 9.17) is 4.42 Å². The smallest absolute Gasteiger partial charge is 0.267 e. The molecule has 0 bridgehead atoms. The zero-order valence-electron chi connectivity index (χ0n) is 9.54. The molecule has 1 aliphatic carbocycles. The van der Waals surface area contributed by atoms with Crippen molar-refractivity contribution in [1.29, 1.82) is 0 Å². The molecule has 1 aliphatic rings. The Kier molecular flexibility index (Phi) is 2.81. The van der Waals surface area contributed by atoms with Crippen LogP contribution in [0.2, 0.25) is 0 Å². The van der Waals surface area contributed by atoms with E-state index in [9.17, 15) is 0 Å². The minimum Gasteiger partial charge on any atom is -0.419 e. The molecule has 0 saturated heterocycles. The molecule has 88 valence electrons. The van der Waals surface area contributed by atoms with Gasteiger partial charge in [0.15, 0.2) is 0 Å². The third kappa shape index (κ3) is 2.33. The lowest BCUT2D eigenvalue weighted by Gasteiger charge is -2.02. The van der Waals surface area contributed by atoms with E-state index in [2.05, 4.69) is 20.2 Å². The lowest BCUT2D eigenvalue weighted by Crippen LogP contribution is -1.98. The van der Waals surface area contributed by atoms with Gasteiger partial charge in [-0.1, -0.05) is 12.8 Å². The van der Waals surface area contributed by atoms with Gasteiger partial charge in [0.1, 0.15) is 5.69 Å². The van der Waals surface area contributed by atoms with Crippen molar-refractivity contribution in [3.8, 4) is 11.6 Å². The summed E-state index contributed by atoms with van der Waals surface area (Å²) in [5.41, 5.74) is 0.637. The molecule has 0 N–H and O–H groups in total. The summed E-state index contributed by atoms with van der Waals surface area (Å²) in [6, 6.07) is 0. The molecular weight excluding hydrogens is 216 g/mol. The normalized spacial score (nSPS) is 16.5. The molecule has 17 heavy (non-hydrogen) atoms. The first-order chi connectivity index (χ1) is 8.42. The van der Waals surface area contributed by atoms with Crippen molar-refractivity contribution in [2.24, 2.45) is 5.92 Å². The molecule has 5 heteroatoms. The fourth-order valence-corrected chi connectivity index (χ4v) is 2.31. The lowest BCUT2D eigenvalue weighted by atomic mass is 10.0. The van der Waals surface area contributed by atoms with Crippen molar-refractivity contribution < 1.29 is 4.42 Å². The first-order valence-corrected chi connectivity index (χ1v) is 6.00. The van der Waals surface area contributed by atoms with Gasteiger partial charge in [-0.2, -0.15) is 0 Å². The summed E-state index contributed by atoms with van der Waals surface area (Å²) in [5, 5.41) is 8.08. The molecule has 0 radical (unpaired) electrons. The molecule has 1 saturated carbocycles. The van der Waals surface area contributed by atoms with E-state index >= 15 is 0 Å². The molecule has 3 rings (SSSR count). The Hall–Kier alpha value is -1.78. The average molecular weight is 230 g/mol. The largest absolute Gasteiger partial charge is 0.419 e. The van der Waals surface area contributed by atoms with Crippen LogP contribution in [0.4, 0.5) is 0 Å². The summed E-state index contributed by atoms with van der Waals surface area (Å²) < 4.78 is 5.61. The molecule has 0 spiro atoms. The molecule has 1 fully saturated rings. The lowest BCUT2D eigenvalue weighted by molar-refractivity contribution is 0.437. The summed E-state index contributed by atoms with van der Waals surface area (Å²) in [6.07, 6.45) is 11.0. The number of aromatic nitrogens is 4. The van der Waals surface area contributed by atoms with Crippen molar-refractivity contribution in [1.82, 2.24) is 20.2 Å². The highest BCUT2D eigenvalue weighted by molar-refractivity contribution is 5.42. The second-order valence-corrected chi connectivity index (χ2v) is 4.45. The van der Waals surface area contributed by atoms with Crippen LogP contribution in [0.15, 0.2) is 23.0 Å². The number of hydrogen-bond donors (Lipinski definition) is 0. The van der Waals surface area contributed by atoms with Gasteiger partial charge in [-0.25, -0.2) is 4.98 Å². The van der Waals surface area contributed by atoms with E-state index in [-0.39, 0.29) is 0 Å². The fraction of sp³-hybridized carbons (Fsp3) is 0.500. The highest BCUT2D eigenvalue weighted by atomic mass is 16.4. The Bertz CT molecular complexity index is 476. The van der Waals surface area contributed by atoms with Crippen LogP contribution < -0.4 is 0 Å². The van der Waals surface area contributed by atoms with Crippen LogP contribution in [0.5, 0.6) is 0 Å². The molecule has 0 amide bonds. The molecule has 2 aromatic rings.